The van der Waals surface area contributed by atoms with Crippen LogP contribution in [0.3, 0.4) is 0 Å². The van der Waals surface area contributed by atoms with E-state index in [2.05, 4.69) is 22.4 Å². The first-order valence-corrected chi connectivity index (χ1v) is 7.29. The Morgan fingerprint density at radius 3 is 3.06 bits per heavy atom. The van der Waals surface area contributed by atoms with Gasteiger partial charge in [0, 0.05) is 24.5 Å². The molecule has 0 amide bonds. The van der Waals surface area contributed by atoms with Gasteiger partial charge in [-0.25, -0.2) is 0 Å². The van der Waals surface area contributed by atoms with Crippen LogP contribution in [-0.2, 0) is 19.5 Å². The van der Waals surface area contributed by atoms with Crippen molar-refractivity contribution in [2.75, 3.05) is 12.3 Å². The lowest BCUT2D eigenvalue weighted by Crippen LogP contribution is -2.29. The van der Waals surface area contributed by atoms with Crippen LogP contribution in [0, 0.1) is 0 Å². The molecule has 4 heteroatoms. The van der Waals surface area contributed by atoms with Crippen LogP contribution in [0.2, 0.25) is 5.02 Å². The van der Waals surface area contributed by atoms with Gasteiger partial charge >= 0.3 is 0 Å². The third-order valence-corrected chi connectivity index (χ3v) is 4.72. The first-order chi connectivity index (χ1) is 8.72. The van der Waals surface area contributed by atoms with E-state index in [1.54, 1.807) is 4.88 Å². The zero-order chi connectivity index (χ0) is 12.5. The fraction of sp³-hybridized carbons (Fsp3) is 0.286. The lowest BCUT2D eigenvalue weighted by Gasteiger charge is -2.26. The summed E-state index contributed by atoms with van der Waals surface area (Å²) in [4.78, 5) is 4.00. The largest absolute Gasteiger partial charge is 0.398 e. The Kier molecular flexibility index (Phi) is 3.29. The van der Waals surface area contributed by atoms with E-state index in [-0.39, 0.29) is 0 Å². The molecule has 1 aromatic carbocycles. The van der Waals surface area contributed by atoms with Crippen LogP contribution in [0.15, 0.2) is 29.6 Å². The Labute approximate surface area is 116 Å². The van der Waals surface area contributed by atoms with Gasteiger partial charge in [0.15, 0.2) is 0 Å². The van der Waals surface area contributed by atoms with Gasteiger partial charge in [0.1, 0.15) is 0 Å². The van der Waals surface area contributed by atoms with Crippen LogP contribution in [0.4, 0.5) is 5.69 Å². The number of benzene rings is 1. The van der Waals surface area contributed by atoms with Gasteiger partial charge in [-0.3, -0.25) is 4.90 Å². The lowest BCUT2D eigenvalue weighted by molar-refractivity contribution is 0.247. The molecular formula is C14H15ClN2S. The fourth-order valence-corrected chi connectivity index (χ4v) is 3.40. The molecule has 2 heterocycles. The van der Waals surface area contributed by atoms with E-state index in [1.165, 1.54) is 11.1 Å². The molecule has 0 aliphatic carbocycles. The zero-order valence-electron chi connectivity index (χ0n) is 10.0. The summed E-state index contributed by atoms with van der Waals surface area (Å²) in [7, 11) is 0. The second-order valence-electron chi connectivity index (χ2n) is 4.69. The molecule has 3 rings (SSSR count). The number of nitrogens with two attached hydrogens (primary N) is 1. The first-order valence-electron chi connectivity index (χ1n) is 6.04. The minimum Gasteiger partial charge on any atom is -0.398 e. The molecule has 0 bridgehead atoms. The summed E-state index contributed by atoms with van der Waals surface area (Å²) in [5.74, 6) is 0. The van der Waals surface area contributed by atoms with Crippen molar-refractivity contribution in [1.82, 2.24) is 4.90 Å². The van der Waals surface area contributed by atoms with Gasteiger partial charge in [0.05, 0.1) is 10.7 Å². The Balaban J connectivity index is 1.72. The Bertz CT molecular complexity index is 565. The van der Waals surface area contributed by atoms with Gasteiger partial charge in [0.2, 0.25) is 0 Å². The van der Waals surface area contributed by atoms with E-state index in [9.17, 15) is 0 Å². The number of fused-ring (bicyclic) bond motifs is 1. The molecule has 94 valence electrons. The van der Waals surface area contributed by atoms with E-state index >= 15 is 0 Å². The second kappa shape index (κ2) is 4.92. The summed E-state index contributed by atoms with van der Waals surface area (Å²) < 4.78 is 0. The molecular weight excluding hydrogens is 264 g/mol. The SMILES string of the molecule is Nc1cc(CN2CCc3sccc3C2)ccc1Cl. The van der Waals surface area contributed by atoms with E-state index < -0.39 is 0 Å². The molecule has 0 saturated heterocycles. The number of anilines is 1. The van der Waals surface area contributed by atoms with Crippen LogP contribution in [-0.4, -0.2) is 11.4 Å². The number of halogens is 1. The molecule has 2 N–H and O–H groups in total. The van der Waals surface area contributed by atoms with Crippen LogP contribution in [0.5, 0.6) is 0 Å². The van der Waals surface area contributed by atoms with E-state index in [4.69, 9.17) is 17.3 Å². The molecule has 18 heavy (non-hydrogen) atoms. The van der Waals surface area contributed by atoms with Gasteiger partial charge in [0.25, 0.3) is 0 Å². The summed E-state index contributed by atoms with van der Waals surface area (Å²) in [5.41, 5.74) is 9.22. The molecule has 0 unspecified atom stereocenters. The predicted molar refractivity (Wildman–Crippen MR) is 78.0 cm³/mol. The maximum Gasteiger partial charge on any atom is 0.0635 e. The van der Waals surface area contributed by atoms with Gasteiger partial charge in [-0.2, -0.15) is 0 Å². The van der Waals surface area contributed by atoms with Gasteiger partial charge < -0.3 is 5.73 Å². The molecule has 0 atom stereocenters. The molecule has 1 aliphatic rings. The van der Waals surface area contributed by atoms with E-state index in [1.807, 2.05) is 23.5 Å². The zero-order valence-corrected chi connectivity index (χ0v) is 11.6. The Hall–Kier alpha value is -1.03. The summed E-state index contributed by atoms with van der Waals surface area (Å²) >= 11 is 7.81. The topological polar surface area (TPSA) is 29.3 Å². The second-order valence-corrected chi connectivity index (χ2v) is 6.09. The molecule has 0 radical (unpaired) electrons. The highest BCUT2D eigenvalue weighted by Gasteiger charge is 2.17. The Morgan fingerprint density at radius 2 is 2.22 bits per heavy atom. The van der Waals surface area contributed by atoms with Crippen molar-refractivity contribution >= 4 is 28.6 Å². The number of hydrogen-bond acceptors (Lipinski definition) is 3. The maximum atomic E-state index is 5.94. The molecule has 1 aliphatic heterocycles. The third kappa shape index (κ3) is 2.39. The molecule has 1 aromatic heterocycles. The molecule has 0 spiro atoms. The summed E-state index contributed by atoms with van der Waals surface area (Å²) in [5, 5.41) is 2.83. The summed E-state index contributed by atoms with van der Waals surface area (Å²) in [6, 6.07) is 8.15. The fourth-order valence-electron chi connectivity index (χ4n) is 2.39. The Morgan fingerprint density at radius 1 is 1.33 bits per heavy atom. The van der Waals surface area contributed by atoms with Crippen molar-refractivity contribution < 1.29 is 0 Å². The average molecular weight is 279 g/mol. The number of hydrogen-bond donors (Lipinski definition) is 1. The minimum atomic E-state index is 0.637. The van der Waals surface area contributed by atoms with Crippen molar-refractivity contribution in [1.29, 1.82) is 0 Å². The highest BCUT2D eigenvalue weighted by atomic mass is 35.5. The minimum absolute atomic E-state index is 0.637. The molecule has 2 aromatic rings. The highest BCUT2D eigenvalue weighted by molar-refractivity contribution is 7.10. The number of nitrogen functional groups attached to an aromatic ring is 1. The van der Waals surface area contributed by atoms with E-state index in [0.29, 0.717) is 10.7 Å². The van der Waals surface area contributed by atoms with Crippen molar-refractivity contribution in [3.8, 4) is 0 Å². The standard InChI is InChI=1S/C14H15ClN2S/c15-12-2-1-10(7-13(12)16)8-17-5-3-14-11(9-17)4-6-18-14/h1-2,4,6-7H,3,5,8-9,16H2. The summed E-state index contributed by atoms with van der Waals surface area (Å²) in [6.45, 7) is 3.11. The van der Waals surface area contributed by atoms with Crippen LogP contribution in [0.1, 0.15) is 16.0 Å². The maximum absolute atomic E-state index is 5.94. The van der Waals surface area contributed by atoms with Crippen molar-refractivity contribution in [2.45, 2.75) is 19.5 Å². The van der Waals surface area contributed by atoms with E-state index in [0.717, 1.165) is 26.1 Å². The predicted octanol–water partition coefficient (Wildman–Crippen LogP) is 3.54. The third-order valence-electron chi connectivity index (χ3n) is 3.35. The molecule has 2 nitrogen and oxygen atoms in total. The van der Waals surface area contributed by atoms with Crippen LogP contribution < -0.4 is 5.73 Å². The molecule has 0 fully saturated rings. The normalized spacial score (nSPS) is 15.6. The van der Waals surface area contributed by atoms with Gasteiger partial charge in [-0.05, 0) is 41.1 Å². The van der Waals surface area contributed by atoms with Gasteiger partial charge in [-0.15, -0.1) is 11.3 Å². The van der Waals surface area contributed by atoms with Crippen molar-refractivity contribution in [2.24, 2.45) is 0 Å². The monoisotopic (exact) mass is 278 g/mol. The number of nitrogens with zero attached hydrogens (tertiary/aromatic N) is 1. The number of thiophene rings is 1. The first kappa shape index (κ1) is 12.0. The average Bonchev–Trinajstić information content (AvgIpc) is 2.81. The highest BCUT2D eigenvalue weighted by Crippen LogP contribution is 2.26. The van der Waals surface area contributed by atoms with Gasteiger partial charge in [-0.1, -0.05) is 17.7 Å². The van der Waals surface area contributed by atoms with Crippen molar-refractivity contribution in [3.05, 3.63) is 50.7 Å². The lowest BCUT2D eigenvalue weighted by atomic mass is 10.1. The van der Waals surface area contributed by atoms with Crippen LogP contribution >= 0.6 is 22.9 Å². The quantitative estimate of drug-likeness (QED) is 0.852. The number of rotatable bonds is 2. The molecule has 0 saturated carbocycles. The summed E-state index contributed by atoms with van der Waals surface area (Å²) in [6.07, 6.45) is 1.16. The smallest absolute Gasteiger partial charge is 0.0635 e. The van der Waals surface area contributed by atoms with Crippen LogP contribution in [0.25, 0.3) is 0 Å². The van der Waals surface area contributed by atoms with Crippen molar-refractivity contribution in [3.63, 3.8) is 0 Å².